The molecule has 1 fully saturated rings. The molecule has 0 aliphatic carbocycles. The first kappa shape index (κ1) is 18.0. The smallest absolute Gasteiger partial charge is 0.239 e. The van der Waals surface area contributed by atoms with Crippen LogP contribution in [0.3, 0.4) is 0 Å². The molecule has 136 valence electrons. The van der Waals surface area contributed by atoms with E-state index in [1.165, 1.54) is 22.0 Å². The number of carbonyl (C=O) groups excluding carboxylic acids is 1. The monoisotopic (exact) mass is 342 g/mol. The van der Waals surface area contributed by atoms with Crippen LogP contribution < -0.4 is 5.73 Å². The van der Waals surface area contributed by atoms with Gasteiger partial charge in [0.15, 0.2) is 0 Å². The van der Waals surface area contributed by atoms with Crippen LogP contribution in [0.15, 0.2) is 24.4 Å². The van der Waals surface area contributed by atoms with Crippen molar-refractivity contribution in [2.45, 2.75) is 45.8 Å². The molecule has 2 heterocycles. The van der Waals surface area contributed by atoms with Gasteiger partial charge < -0.3 is 15.2 Å². The van der Waals surface area contributed by atoms with Gasteiger partial charge >= 0.3 is 0 Å². The lowest BCUT2D eigenvalue weighted by Crippen LogP contribution is -2.45. The molecule has 0 spiro atoms. The van der Waals surface area contributed by atoms with Crippen LogP contribution in [-0.2, 0) is 18.4 Å². The van der Waals surface area contributed by atoms with Crippen molar-refractivity contribution >= 4 is 16.8 Å². The summed E-state index contributed by atoms with van der Waals surface area (Å²) in [5.41, 5.74) is 10.0. The third-order valence-corrected chi connectivity index (χ3v) is 5.46. The molecule has 0 radical (unpaired) electrons. The summed E-state index contributed by atoms with van der Waals surface area (Å²) in [6.45, 7) is 9.27. The van der Waals surface area contributed by atoms with E-state index in [1.54, 1.807) is 0 Å². The van der Waals surface area contributed by atoms with Crippen LogP contribution >= 0.6 is 0 Å². The van der Waals surface area contributed by atoms with E-state index in [2.05, 4.69) is 47.8 Å². The predicted octanol–water partition coefficient (Wildman–Crippen LogP) is 2.26. The van der Waals surface area contributed by atoms with Crippen molar-refractivity contribution in [2.24, 2.45) is 12.8 Å². The summed E-state index contributed by atoms with van der Waals surface area (Å²) in [5, 5.41) is 1.28. The average molecular weight is 342 g/mol. The number of nitrogens with two attached hydrogens (primary N) is 1. The molecule has 1 aromatic heterocycles. The van der Waals surface area contributed by atoms with Gasteiger partial charge in [0.1, 0.15) is 0 Å². The van der Waals surface area contributed by atoms with Gasteiger partial charge in [0.05, 0.1) is 11.6 Å². The normalized spacial score (nSPS) is 21.2. The number of amides is 1. The van der Waals surface area contributed by atoms with E-state index in [0.717, 1.165) is 32.6 Å². The fourth-order valence-electron chi connectivity index (χ4n) is 4.22. The van der Waals surface area contributed by atoms with Crippen molar-refractivity contribution in [1.29, 1.82) is 0 Å². The highest BCUT2D eigenvalue weighted by molar-refractivity contribution is 5.87. The number of hydrogen-bond acceptors (Lipinski definition) is 3. The van der Waals surface area contributed by atoms with E-state index >= 15 is 0 Å². The van der Waals surface area contributed by atoms with Gasteiger partial charge in [0, 0.05) is 50.9 Å². The number of benzene rings is 1. The van der Waals surface area contributed by atoms with Crippen molar-refractivity contribution < 1.29 is 4.79 Å². The summed E-state index contributed by atoms with van der Waals surface area (Å²) in [6.07, 6.45) is 2.94. The number of aromatic nitrogens is 1. The maximum atomic E-state index is 12.9. The molecular formula is C20H30N4O. The Labute approximate surface area is 150 Å². The molecule has 1 saturated heterocycles. The van der Waals surface area contributed by atoms with Gasteiger partial charge in [-0.15, -0.1) is 0 Å². The third kappa shape index (κ3) is 3.31. The van der Waals surface area contributed by atoms with Crippen LogP contribution in [0.4, 0.5) is 0 Å². The SMILES string of the molecule is CCN(CC)C(=O)[C@@H]1C[C@@H](N)CN1Cc1cn(C)c2c(C)cccc12. The molecule has 0 unspecified atom stereocenters. The molecule has 2 N–H and O–H groups in total. The molecule has 1 aromatic carbocycles. The number of hydrogen-bond donors (Lipinski definition) is 1. The zero-order chi connectivity index (χ0) is 18.1. The minimum absolute atomic E-state index is 0.0706. The van der Waals surface area contributed by atoms with Crippen LogP contribution in [-0.4, -0.2) is 52.0 Å². The van der Waals surface area contributed by atoms with E-state index in [0.29, 0.717) is 0 Å². The Bertz CT molecular complexity index is 762. The van der Waals surface area contributed by atoms with Crippen molar-refractivity contribution in [1.82, 2.24) is 14.4 Å². The molecule has 1 aliphatic heterocycles. The Balaban J connectivity index is 1.88. The van der Waals surface area contributed by atoms with Gasteiger partial charge in [0.2, 0.25) is 5.91 Å². The predicted molar refractivity (Wildman–Crippen MR) is 102 cm³/mol. The molecule has 2 atom stereocenters. The highest BCUT2D eigenvalue weighted by Crippen LogP contribution is 2.28. The molecule has 1 aliphatic rings. The summed E-state index contributed by atoms with van der Waals surface area (Å²) in [5.74, 6) is 0.217. The van der Waals surface area contributed by atoms with Gasteiger partial charge in [-0.25, -0.2) is 0 Å². The first-order chi connectivity index (χ1) is 12.0. The standard InChI is InChI=1S/C20H30N4O/c1-5-23(6-2)20(25)18-10-16(21)13-24(18)12-15-11-22(4)19-14(3)8-7-9-17(15)19/h7-9,11,16,18H,5-6,10,12-13,21H2,1-4H3/t16-,18+/m1/s1. The molecule has 0 bridgehead atoms. The maximum Gasteiger partial charge on any atom is 0.239 e. The lowest BCUT2D eigenvalue weighted by atomic mass is 10.1. The fraction of sp³-hybridized carbons (Fsp3) is 0.550. The van der Waals surface area contributed by atoms with Crippen molar-refractivity contribution in [2.75, 3.05) is 19.6 Å². The van der Waals surface area contributed by atoms with Crippen molar-refractivity contribution in [3.8, 4) is 0 Å². The number of carbonyl (C=O) groups is 1. The quantitative estimate of drug-likeness (QED) is 0.907. The van der Waals surface area contributed by atoms with Gasteiger partial charge in [0.25, 0.3) is 0 Å². The van der Waals surface area contributed by atoms with E-state index < -0.39 is 0 Å². The summed E-state index contributed by atoms with van der Waals surface area (Å²) in [7, 11) is 2.09. The lowest BCUT2D eigenvalue weighted by Gasteiger charge is -2.28. The number of nitrogens with zero attached hydrogens (tertiary/aromatic N) is 3. The number of rotatable bonds is 5. The Kier molecular flexibility index (Phi) is 5.16. The summed E-state index contributed by atoms with van der Waals surface area (Å²) < 4.78 is 2.19. The van der Waals surface area contributed by atoms with E-state index in [9.17, 15) is 4.79 Å². The molecular weight excluding hydrogens is 312 g/mol. The topological polar surface area (TPSA) is 54.5 Å². The van der Waals surface area contributed by atoms with Gasteiger partial charge in [-0.05, 0) is 38.3 Å². The molecule has 5 nitrogen and oxygen atoms in total. The zero-order valence-electron chi connectivity index (χ0n) is 15.8. The first-order valence-corrected chi connectivity index (χ1v) is 9.28. The van der Waals surface area contributed by atoms with Gasteiger partial charge in [-0.2, -0.15) is 0 Å². The highest BCUT2D eigenvalue weighted by atomic mass is 16.2. The van der Waals surface area contributed by atoms with Crippen LogP contribution in [0.2, 0.25) is 0 Å². The molecule has 2 aromatic rings. The third-order valence-electron chi connectivity index (χ3n) is 5.46. The molecule has 25 heavy (non-hydrogen) atoms. The summed E-state index contributed by atoms with van der Waals surface area (Å²) in [6, 6.07) is 6.39. The van der Waals surface area contributed by atoms with Crippen molar-refractivity contribution in [3.05, 3.63) is 35.5 Å². The molecule has 1 amide bonds. The maximum absolute atomic E-state index is 12.9. The minimum Gasteiger partial charge on any atom is -0.350 e. The number of para-hydroxylation sites is 1. The summed E-state index contributed by atoms with van der Waals surface area (Å²) in [4.78, 5) is 17.1. The van der Waals surface area contributed by atoms with E-state index in [4.69, 9.17) is 5.73 Å². The second-order valence-corrected chi connectivity index (χ2v) is 7.19. The Morgan fingerprint density at radius 3 is 2.72 bits per heavy atom. The van der Waals surface area contributed by atoms with Crippen LogP contribution in [0.25, 0.3) is 10.9 Å². The lowest BCUT2D eigenvalue weighted by molar-refractivity contribution is -0.135. The van der Waals surface area contributed by atoms with Crippen LogP contribution in [0, 0.1) is 6.92 Å². The number of likely N-dealkylation sites (tertiary alicyclic amines) is 1. The Morgan fingerprint density at radius 2 is 2.04 bits per heavy atom. The minimum atomic E-state index is -0.102. The van der Waals surface area contributed by atoms with Crippen LogP contribution in [0.1, 0.15) is 31.4 Å². The first-order valence-electron chi connectivity index (χ1n) is 9.28. The number of likely N-dealkylation sites (N-methyl/N-ethyl adjacent to an activating group) is 1. The Morgan fingerprint density at radius 1 is 1.32 bits per heavy atom. The molecule has 5 heteroatoms. The largest absolute Gasteiger partial charge is 0.350 e. The highest BCUT2D eigenvalue weighted by Gasteiger charge is 2.37. The zero-order valence-corrected chi connectivity index (χ0v) is 15.8. The number of fused-ring (bicyclic) bond motifs is 1. The molecule has 3 rings (SSSR count). The fourth-order valence-corrected chi connectivity index (χ4v) is 4.22. The van der Waals surface area contributed by atoms with E-state index in [-0.39, 0.29) is 18.0 Å². The van der Waals surface area contributed by atoms with Crippen molar-refractivity contribution in [3.63, 3.8) is 0 Å². The summed E-state index contributed by atoms with van der Waals surface area (Å²) >= 11 is 0. The van der Waals surface area contributed by atoms with Gasteiger partial charge in [-0.1, -0.05) is 18.2 Å². The second-order valence-electron chi connectivity index (χ2n) is 7.19. The Hall–Kier alpha value is -1.85. The second kappa shape index (κ2) is 7.18. The number of aryl methyl sites for hydroxylation is 2. The average Bonchev–Trinajstić information content (AvgIpc) is 3.10. The molecule has 0 saturated carbocycles. The van der Waals surface area contributed by atoms with Crippen LogP contribution in [0.5, 0.6) is 0 Å². The van der Waals surface area contributed by atoms with E-state index in [1.807, 2.05) is 18.7 Å². The van der Waals surface area contributed by atoms with Gasteiger partial charge in [-0.3, -0.25) is 9.69 Å².